The van der Waals surface area contributed by atoms with E-state index in [0.29, 0.717) is 5.75 Å². The van der Waals surface area contributed by atoms with Crippen molar-refractivity contribution in [1.29, 1.82) is 0 Å². The molecule has 1 nitrogen and oxygen atoms in total. The van der Waals surface area contributed by atoms with E-state index in [1.165, 1.54) is 15.7 Å². The minimum Gasteiger partial charge on any atom is -0.507 e. The van der Waals surface area contributed by atoms with Gasteiger partial charge in [-0.1, -0.05) is 67.6 Å². The van der Waals surface area contributed by atoms with Crippen LogP contribution in [0.25, 0.3) is 32.7 Å². The number of thioether (sulfide) groups is 1. The molecular weight excluding hydrogens is 312 g/mol. The zero-order chi connectivity index (χ0) is 16.5. The Morgan fingerprint density at radius 3 is 1.96 bits per heavy atom. The van der Waals surface area contributed by atoms with Gasteiger partial charge in [-0.2, -0.15) is 0 Å². The first-order valence-electron chi connectivity index (χ1n) is 8.15. The maximum atomic E-state index is 10.7. The summed E-state index contributed by atoms with van der Waals surface area (Å²) >= 11 is 1.82. The van der Waals surface area contributed by atoms with Crippen molar-refractivity contribution in [2.45, 2.75) is 11.8 Å². The van der Waals surface area contributed by atoms with E-state index in [2.05, 4.69) is 55.5 Å². The fourth-order valence-corrected chi connectivity index (χ4v) is 4.14. The Labute approximate surface area is 145 Å². The van der Waals surface area contributed by atoms with Crippen LogP contribution in [0.5, 0.6) is 5.75 Å². The molecule has 0 unspecified atom stereocenters. The van der Waals surface area contributed by atoms with Crippen LogP contribution in [0.15, 0.2) is 77.7 Å². The number of benzene rings is 4. The molecule has 0 heterocycles. The highest BCUT2D eigenvalue weighted by Crippen LogP contribution is 2.44. The lowest BCUT2D eigenvalue weighted by Crippen LogP contribution is -1.89. The summed E-state index contributed by atoms with van der Waals surface area (Å²) in [6.07, 6.45) is 0. The lowest BCUT2D eigenvalue weighted by atomic mass is 9.93. The zero-order valence-corrected chi connectivity index (χ0v) is 14.3. The number of phenolic OH excluding ortho intramolecular Hbond substituents is 1. The van der Waals surface area contributed by atoms with E-state index in [1.807, 2.05) is 30.0 Å². The lowest BCUT2D eigenvalue weighted by molar-refractivity contribution is 0.478. The number of rotatable bonds is 3. The molecule has 118 valence electrons. The monoisotopic (exact) mass is 330 g/mol. The Kier molecular flexibility index (Phi) is 3.91. The predicted molar refractivity (Wildman–Crippen MR) is 105 cm³/mol. The summed E-state index contributed by atoms with van der Waals surface area (Å²) in [4.78, 5) is 1.21. The molecule has 0 aliphatic rings. The Morgan fingerprint density at radius 1 is 0.708 bits per heavy atom. The van der Waals surface area contributed by atoms with E-state index in [-0.39, 0.29) is 0 Å². The Morgan fingerprint density at radius 2 is 1.29 bits per heavy atom. The van der Waals surface area contributed by atoms with Gasteiger partial charge >= 0.3 is 0 Å². The van der Waals surface area contributed by atoms with Gasteiger partial charge in [-0.05, 0) is 39.4 Å². The number of phenols is 1. The predicted octanol–water partition coefficient (Wildman–Crippen LogP) is 6.48. The number of fused-ring (bicyclic) bond motifs is 2. The molecule has 0 aliphatic carbocycles. The van der Waals surface area contributed by atoms with Crippen LogP contribution in [0, 0.1) is 0 Å². The van der Waals surface area contributed by atoms with Crippen LogP contribution in [-0.2, 0) is 0 Å². The normalized spacial score (nSPS) is 11.2. The quantitative estimate of drug-likeness (QED) is 0.434. The molecule has 0 fully saturated rings. The van der Waals surface area contributed by atoms with Crippen LogP contribution in [-0.4, -0.2) is 10.9 Å². The number of aromatic hydroxyl groups is 1. The largest absolute Gasteiger partial charge is 0.507 e. The van der Waals surface area contributed by atoms with Crippen molar-refractivity contribution in [3.63, 3.8) is 0 Å². The van der Waals surface area contributed by atoms with Crippen molar-refractivity contribution in [2.24, 2.45) is 0 Å². The fourth-order valence-electron chi connectivity index (χ4n) is 3.31. The fraction of sp³-hybridized carbons (Fsp3) is 0.0909. The van der Waals surface area contributed by atoms with Gasteiger partial charge in [0.2, 0.25) is 0 Å². The minimum atomic E-state index is 0.336. The topological polar surface area (TPSA) is 20.2 Å². The van der Waals surface area contributed by atoms with Crippen LogP contribution in [0.2, 0.25) is 0 Å². The molecule has 2 heteroatoms. The van der Waals surface area contributed by atoms with E-state index < -0.39 is 0 Å². The summed E-state index contributed by atoms with van der Waals surface area (Å²) in [6, 6.07) is 24.8. The highest BCUT2D eigenvalue weighted by atomic mass is 32.2. The summed E-state index contributed by atoms with van der Waals surface area (Å²) in [5.41, 5.74) is 2.06. The molecule has 0 spiro atoms. The van der Waals surface area contributed by atoms with Gasteiger partial charge in [0.1, 0.15) is 5.75 Å². The zero-order valence-electron chi connectivity index (χ0n) is 13.5. The first kappa shape index (κ1) is 15.1. The maximum Gasteiger partial charge on any atom is 0.124 e. The van der Waals surface area contributed by atoms with Gasteiger partial charge in [-0.3, -0.25) is 0 Å². The first-order valence-corrected chi connectivity index (χ1v) is 9.14. The third-order valence-electron chi connectivity index (χ3n) is 4.35. The molecule has 4 rings (SSSR count). The van der Waals surface area contributed by atoms with E-state index in [4.69, 9.17) is 0 Å². The summed E-state index contributed by atoms with van der Waals surface area (Å²) in [5, 5.41) is 15.3. The second-order valence-electron chi connectivity index (χ2n) is 5.77. The SMILES string of the molecule is CCSc1ccc2ccccc2c1-c1c(O)ccc2ccccc12. The van der Waals surface area contributed by atoms with Crippen LogP contribution in [0.4, 0.5) is 0 Å². The van der Waals surface area contributed by atoms with Gasteiger partial charge < -0.3 is 5.11 Å². The summed E-state index contributed by atoms with van der Waals surface area (Å²) in [6.45, 7) is 2.16. The summed E-state index contributed by atoms with van der Waals surface area (Å²) < 4.78 is 0. The third kappa shape index (κ3) is 2.44. The second-order valence-corrected chi connectivity index (χ2v) is 7.08. The van der Waals surface area contributed by atoms with Crippen LogP contribution >= 0.6 is 11.8 Å². The molecule has 0 atom stereocenters. The van der Waals surface area contributed by atoms with E-state index in [9.17, 15) is 5.11 Å². The smallest absolute Gasteiger partial charge is 0.124 e. The Bertz CT molecular complexity index is 1040. The van der Waals surface area contributed by atoms with Crippen molar-refractivity contribution in [3.8, 4) is 16.9 Å². The molecule has 0 saturated carbocycles. The van der Waals surface area contributed by atoms with Gasteiger partial charge in [-0.15, -0.1) is 11.8 Å². The standard InChI is InChI=1S/C22H18OS/c1-2-24-20-14-12-16-8-4-6-10-18(16)22(20)21-17-9-5-3-7-15(17)11-13-19(21)23/h3-14,23H,2H2,1H3. The summed E-state index contributed by atoms with van der Waals surface area (Å²) in [5.74, 6) is 1.33. The Hall–Kier alpha value is -2.45. The van der Waals surface area contributed by atoms with Crippen molar-refractivity contribution < 1.29 is 5.11 Å². The average molecular weight is 330 g/mol. The van der Waals surface area contributed by atoms with Crippen molar-refractivity contribution in [3.05, 3.63) is 72.8 Å². The highest BCUT2D eigenvalue weighted by molar-refractivity contribution is 7.99. The van der Waals surface area contributed by atoms with Gasteiger partial charge in [0, 0.05) is 16.0 Å². The molecule has 0 bridgehead atoms. The van der Waals surface area contributed by atoms with Crippen LogP contribution in [0.1, 0.15) is 6.92 Å². The molecule has 0 radical (unpaired) electrons. The van der Waals surface area contributed by atoms with E-state index in [1.54, 1.807) is 6.07 Å². The molecule has 0 aromatic heterocycles. The van der Waals surface area contributed by atoms with E-state index >= 15 is 0 Å². The highest BCUT2D eigenvalue weighted by Gasteiger charge is 2.16. The third-order valence-corrected chi connectivity index (χ3v) is 5.29. The van der Waals surface area contributed by atoms with Crippen molar-refractivity contribution in [1.82, 2.24) is 0 Å². The molecule has 0 aliphatic heterocycles. The molecule has 4 aromatic carbocycles. The molecular formula is C22H18OS. The van der Waals surface area contributed by atoms with Crippen LogP contribution in [0.3, 0.4) is 0 Å². The Balaban J connectivity index is 2.17. The average Bonchev–Trinajstić information content (AvgIpc) is 2.62. The number of hydrogen-bond donors (Lipinski definition) is 1. The van der Waals surface area contributed by atoms with E-state index in [0.717, 1.165) is 27.7 Å². The second kappa shape index (κ2) is 6.21. The first-order chi connectivity index (χ1) is 11.8. The molecule has 1 N–H and O–H groups in total. The summed E-state index contributed by atoms with van der Waals surface area (Å²) in [7, 11) is 0. The molecule has 4 aromatic rings. The van der Waals surface area contributed by atoms with Crippen molar-refractivity contribution in [2.75, 3.05) is 5.75 Å². The minimum absolute atomic E-state index is 0.336. The van der Waals surface area contributed by atoms with Crippen LogP contribution < -0.4 is 0 Å². The van der Waals surface area contributed by atoms with Gasteiger partial charge in [0.15, 0.2) is 0 Å². The molecule has 0 saturated heterocycles. The van der Waals surface area contributed by atoms with Gasteiger partial charge in [0.05, 0.1) is 0 Å². The van der Waals surface area contributed by atoms with Crippen molar-refractivity contribution >= 4 is 33.3 Å². The lowest BCUT2D eigenvalue weighted by Gasteiger charge is -2.16. The van der Waals surface area contributed by atoms with Gasteiger partial charge in [0.25, 0.3) is 0 Å². The van der Waals surface area contributed by atoms with Gasteiger partial charge in [-0.25, -0.2) is 0 Å². The maximum absolute atomic E-state index is 10.7. The number of hydrogen-bond acceptors (Lipinski definition) is 2. The molecule has 24 heavy (non-hydrogen) atoms. The molecule has 0 amide bonds.